The molecule has 0 spiro atoms. The van der Waals surface area contributed by atoms with E-state index in [-0.39, 0.29) is 24.2 Å². The number of primary amides is 1. The molecule has 0 aromatic rings. The monoisotopic (exact) mass is 669 g/mol. The van der Waals surface area contributed by atoms with Gasteiger partial charge in [-0.25, -0.2) is 4.79 Å². The first-order chi connectivity index (χ1) is 22.1. The molecule has 2 amide bonds. The van der Waals surface area contributed by atoms with Crippen LogP contribution in [0.5, 0.6) is 0 Å². The quantitative estimate of drug-likeness (QED) is 0.0519. The zero-order valence-corrected chi connectivity index (χ0v) is 32.1. The predicted octanol–water partition coefficient (Wildman–Crippen LogP) is 8.52. The van der Waals surface area contributed by atoms with Crippen LogP contribution >= 0.6 is 0 Å². The third-order valence-electron chi connectivity index (χ3n) is 9.20. The maximum atomic E-state index is 12.1. The van der Waals surface area contributed by atoms with Gasteiger partial charge in [-0.2, -0.15) is 0 Å². The number of nitrogens with two attached hydrogens (primary N) is 1. The van der Waals surface area contributed by atoms with Crippen molar-refractivity contribution >= 4 is 11.8 Å². The van der Waals surface area contributed by atoms with Gasteiger partial charge in [-0.05, 0) is 44.4 Å². The van der Waals surface area contributed by atoms with E-state index in [4.69, 9.17) is 0 Å². The molecule has 0 aliphatic carbocycles. The maximum absolute atomic E-state index is 12.1. The number of nitrogens with one attached hydrogen (secondary N) is 1. The number of allylic oxidation sites excluding steroid dienone is 2. The average molecular weight is 670 g/mol. The number of hydrogen-bond acceptors (Lipinski definition) is 2. The summed E-state index contributed by atoms with van der Waals surface area (Å²) in [5, 5.41) is 4.88. The number of quaternary nitrogens is 1. The fraction of sp³-hybridized carbons (Fsp3) is 0.902. The van der Waals surface area contributed by atoms with Crippen molar-refractivity contribution in [3.8, 4) is 0 Å². The van der Waals surface area contributed by atoms with E-state index in [9.17, 15) is 9.59 Å². The third kappa shape index (κ3) is 41.2. The van der Waals surface area contributed by atoms with Crippen molar-refractivity contribution in [1.29, 1.82) is 0 Å². The average Bonchev–Trinajstić information content (AvgIpc) is 3.02. The van der Waals surface area contributed by atoms with Crippen LogP contribution in [0.1, 0.15) is 220 Å². The van der Waals surface area contributed by atoms with Gasteiger partial charge >= 0.3 is 5.91 Å². The Balaban J connectivity index is 0. The third-order valence-corrected chi connectivity index (χ3v) is 9.20. The molecular weight excluding hydrogens is 588 g/mol. The van der Waals surface area contributed by atoms with Gasteiger partial charge in [0.05, 0.1) is 13.0 Å². The normalized spacial score (nSPS) is 11.4. The smallest absolute Gasteiger partial charge is 0.310 e. The molecular formula is C41H81ClN2O2. The van der Waals surface area contributed by atoms with Gasteiger partial charge in [0, 0.05) is 19.4 Å². The minimum atomic E-state index is 0. The van der Waals surface area contributed by atoms with Crippen LogP contribution in [0.25, 0.3) is 0 Å². The molecule has 0 aliphatic rings. The lowest BCUT2D eigenvalue weighted by molar-refractivity contribution is -0.569. The summed E-state index contributed by atoms with van der Waals surface area (Å²) in [6, 6.07) is 0. The lowest BCUT2D eigenvalue weighted by Crippen LogP contribution is -3.00. The molecule has 5 heteroatoms. The van der Waals surface area contributed by atoms with Crippen molar-refractivity contribution in [3.05, 3.63) is 12.2 Å². The highest BCUT2D eigenvalue weighted by Gasteiger charge is 2.06. The Labute approximate surface area is 294 Å². The van der Waals surface area contributed by atoms with E-state index in [0.29, 0.717) is 19.4 Å². The van der Waals surface area contributed by atoms with E-state index in [1.165, 1.54) is 161 Å². The number of hydrogen-bond donors (Lipinski definition) is 2. The lowest BCUT2D eigenvalue weighted by atomic mass is 10.0. The fourth-order valence-corrected chi connectivity index (χ4v) is 6.11. The summed E-state index contributed by atoms with van der Waals surface area (Å²) in [7, 11) is 0. The molecule has 3 N–H and O–H groups in total. The summed E-state index contributed by atoms with van der Waals surface area (Å²) < 4.78 is 0. The fourth-order valence-electron chi connectivity index (χ4n) is 6.11. The second-order valence-corrected chi connectivity index (χ2v) is 14.4. The molecule has 0 aromatic carbocycles. The molecule has 0 bridgehead atoms. The van der Waals surface area contributed by atoms with Crippen LogP contribution in [-0.2, 0) is 9.59 Å². The van der Waals surface area contributed by atoms with Crippen molar-refractivity contribution in [1.82, 2.24) is 5.32 Å². The van der Waals surface area contributed by atoms with Crippen LogP contribution < -0.4 is 23.0 Å². The molecule has 0 aromatic heterocycles. The number of carbonyl (C=O) groups is 2. The van der Waals surface area contributed by atoms with Crippen LogP contribution in [-0.4, -0.2) is 24.9 Å². The van der Waals surface area contributed by atoms with E-state index in [1.54, 1.807) is 0 Å². The van der Waals surface area contributed by atoms with E-state index in [2.05, 4.69) is 38.2 Å². The Bertz CT molecular complexity index is 652. The van der Waals surface area contributed by atoms with E-state index < -0.39 is 0 Å². The highest BCUT2D eigenvalue weighted by molar-refractivity contribution is 5.75. The van der Waals surface area contributed by atoms with E-state index in [1.807, 2.05) is 5.32 Å². The summed E-state index contributed by atoms with van der Waals surface area (Å²) >= 11 is 0. The van der Waals surface area contributed by atoms with Gasteiger partial charge in [-0.15, -0.1) is 0 Å². The first-order valence-electron chi connectivity index (χ1n) is 20.3. The summed E-state index contributed by atoms with van der Waals surface area (Å²) in [5.41, 5.74) is 0. The molecule has 274 valence electrons. The molecule has 0 rings (SSSR count). The van der Waals surface area contributed by atoms with Gasteiger partial charge in [-0.3, -0.25) is 10.1 Å². The molecule has 0 unspecified atom stereocenters. The molecule has 0 fully saturated rings. The number of carbonyl (C=O) groups excluding carboxylic acids is 2. The van der Waals surface area contributed by atoms with Gasteiger partial charge < -0.3 is 17.7 Å². The largest absolute Gasteiger partial charge is 1.00 e. The second kappa shape index (κ2) is 40.3. The number of unbranched alkanes of at least 4 members (excludes halogenated alkanes) is 24. The molecule has 0 atom stereocenters. The van der Waals surface area contributed by atoms with Crippen LogP contribution in [0.4, 0.5) is 0 Å². The van der Waals surface area contributed by atoms with Crippen LogP contribution in [0.2, 0.25) is 0 Å². The summed E-state index contributed by atoms with van der Waals surface area (Å²) in [4.78, 5) is 24.2. The molecule has 0 saturated carbocycles. The zero-order valence-electron chi connectivity index (χ0n) is 31.3. The molecule has 0 radical (unpaired) electrons. The Morgan fingerprint density at radius 3 is 1.43 bits per heavy atom. The van der Waals surface area contributed by atoms with E-state index >= 15 is 0 Å². The molecule has 0 saturated heterocycles. The Hall–Kier alpha value is -0.870. The minimum Gasteiger partial charge on any atom is -1.00 e. The minimum absolute atomic E-state index is 0. The molecule has 0 aliphatic heterocycles. The summed E-state index contributed by atoms with van der Waals surface area (Å²) in [6.07, 6.45) is 43.9. The first kappa shape index (κ1) is 47.2. The number of amides is 2. The standard InChI is InChI=1S/C41H80N2O2.ClH/c1-4-5-6-7-8-9-10-11-12-16-19-22-25-28-31-35-40(44)42-37-33-38-43-41(45)36-32-29-26-23-20-17-14-13-15-18-21-24-27-30-34-39(2)3;/h13-14,39H,4-12,15-38H2,1-3H3,(H,42,44)(H,43,45);1H. The van der Waals surface area contributed by atoms with Gasteiger partial charge in [0.1, 0.15) is 0 Å². The topological polar surface area (TPSA) is 62.8 Å². The van der Waals surface area contributed by atoms with Crippen LogP contribution in [0, 0.1) is 5.92 Å². The predicted molar refractivity (Wildman–Crippen MR) is 198 cm³/mol. The molecule has 0 heterocycles. The van der Waals surface area contributed by atoms with Crippen molar-refractivity contribution < 1.29 is 27.3 Å². The second-order valence-electron chi connectivity index (χ2n) is 14.4. The number of halogens is 1. The number of rotatable bonds is 36. The van der Waals surface area contributed by atoms with E-state index in [0.717, 1.165) is 38.1 Å². The first-order valence-corrected chi connectivity index (χ1v) is 20.3. The Morgan fingerprint density at radius 1 is 0.543 bits per heavy atom. The molecule has 46 heavy (non-hydrogen) atoms. The summed E-state index contributed by atoms with van der Waals surface area (Å²) in [5.74, 6) is 1.31. The molecule has 4 nitrogen and oxygen atoms in total. The zero-order chi connectivity index (χ0) is 32.9. The highest BCUT2D eigenvalue weighted by atomic mass is 35.5. The van der Waals surface area contributed by atoms with Crippen molar-refractivity contribution in [2.45, 2.75) is 220 Å². The van der Waals surface area contributed by atoms with Crippen molar-refractivity contribution in [2.24, 2.45) is 5.92 Å². The maximum Gasteiger partial charge on any atom is 0.310 e. The summed E-state index contributed by atoms with van der Waals surface area (Å²) in [6.45, 7) is 8.39. The Kier molecular flexibility index (Phi) is 41.4. The van der Waals surface area contributed by atoms with Gasteiger partial charge in [0.15, 0.2) is 0 Å². The van der Waals surface area contributed by atoms with Gasteiger partial charge in [0.25, 0.3) is 0 Å². The highest BCUT2D eigenvalue weighted by Crippen LogP contribution is 2.14. The van der Waals surface area contributed by atoms with Crippen molar-refractivity contribution in [3.63, 3.8) is 0 Å². The Morgan fingerprint density at radius 2 is 0.957 bits per heavy atom. The van der Waals surface area contributed by atoms with Gasteiger partial charge in [0.2, 0.25) is 5.91 Å². The lowest BCUT2D eigenvalue weighted by Gasteiger charge is -2.05. The van der Waals surface area contributed by atoms with Gasteiger partial charge in [-0.1, -0.05) is 174 Å². The van der Waals surface area contributed by atoms with Crippen molar-refractivity contribution in [2.75, 3.05) is 13.1 Å². The van der Waals surface area contributed by atoms with Crippen LogP contribution in [0.3, 0.4) is 0 Å². The van der Waals surface area contributed by atoms with Crippen LogP contribution in [0.15, 0.2) is 12.2 Å². The SMILES string of the molecule is CCCCCCCCCCCCCCCCCC(=O)NCCC[NH2+]C(=O)CCCCCCCC=CCCCCCCCC(C)C.[Cl-].